The number of rotatable bonds is 3. The number of carbonyl (C=O) groups excluding carboxylic acids is 1. The molecule has 1 aromatic rings. The van der Waals surface area contributed by atoms with E-state index in [-0.39, 0.29) is 11.5 Å². The Balaban J connectivity index is 3.03. The van der Waals surface area contributed by atoms with Crippen LogP contribution in [0.1, 0.15) is 25.3 Å². The van der Waals surface area contributed by atoms with E-state index in [1.807, 2.05) is 13.8 Å². The van der Waals surface area contributed by atoms with Crippen molar-refractivity contribution in [3.05, 3.63) is 23.8 Å². The fourth-order valence-electron chi connectivity index (χ4n) is 1.04. The molecule has 1 N–H and O–H groups in total. The van der Waals surface area contributed by atoms with E-state index >= 15 is 0 Å². The predicted octanol–water partition coefficient (Wildman–Crippen LogP) is 2.05. The van der Waals surface area contributed by atoms with E-state index in [4.69, 9.17) is 0 Å². The molecule has 0 heterocycles. The zero-order valence-electron chi connectivity index (χ0n) is 7.65. The van der Waals surface area contributed by atoms with Gasteiger partial charge < -0.3 is 9.84 Å². The van der Waals surface area contributed by atoms with Gasteiger partial charge >= 0.3 is 0 Å². The Labute approximate surface area is 77.0 Å². The first-order valence-corrected chi connectivity index (χ1v) is 4.08. The van der Waals surface area contributed by atoms with Gasteiger partial charge in [0.1, 0.15) is 0 Å². The van der Waals surface area contributed by atoms with Crippen molar-refractivity contribution in [3.8, 4) is 11.5 Å². The monoisotopic (exact) mass is 180 g/mol. The number of hydrogen-bond acceptors (Lipinski definition) is 3. The van der Waals surface area contributed by atoms with Gasteiger partial charge in [-0.2, -0.15) is 0 Å². The second kappa shape index (κ2) is 3.94. The van der Waals surface area contributed by atoms with E-state index in [1.54, 1.807) is 12.1 Å². The van der Waals surface area contributed by atoms with Crippen molar-refractivity contribution < 1.29 is 14.6 Å². The van der Waals surface area contributed by atoms with Crippen LogP contribution in [0.25, 0.3) is 0 Å². The Morgan fingerprint density at radius 3 is 2.69 bits per heavy atom. The van der Waals surface area contributed by atoms with Crippen LogP contribution in [-0.2, 0) is 4.79 Å². The lowest BCUT2D eigenvalue weighted by molar-refractivity contribution is -0.120. The summed E-state index contributed by atoms with van der Waals surface area (Å²) < 4.78 is 4.60. The van der Waals surface area contributed by atoms with Gasteiger partial charge in [-0.05, 0) is 23.6 Å². The maximum absolute atomic E-state index is 10.1. The molecule has 0 aromatic heterocycles. The van der Waals surface area contributed by atoms with E-state index in [9.17, 15) is 9.90 Å². The maximum Gasteiger partial charge on any atom is 0.298 e. The zero-order chi connectivity index (χ0) is 9.84. The van der Waals surface area contributed by atoms with Gasteiger partial charge in [0.05, 0.1) is 0 Å². The molecule has 0 aliphatic heterocycles. The normalized spacial score (nSPS) is 10.1. The average Bonchev–Trinajstić information content (AvgIpc) is 2.08. The predicted molar refractivity (Wildman–Crippen MR) is 48.9 cm³/mol. The summed E-state index contributed by atoms with van der Waals surface area (Å²) in [4.78, 5) is 10.1. The standard InChI is InChI=1S/C10H12O3/c1-7(2)8-3-4-9(12)10(5-8)13-6-11/h3-7,12H,1-2H3. The molecule has 1 rings (SSSR count). The second-order valence-electron chi connectivity index (χ2n) is 3.10. The van der Waals surface area contributed by atoms with Crippen LogP contribution >= 0.6 is 0 Å². The average molecular weight is 180 g/mol. The molecule has 0 fully saturated rings. The third-order valence-corrected chi connectivity index (χ3v) is 1.83. The van der Waals surface area contributed by atoms with Crippen molar-refractivity contribution in [1.82, 2.24) is 0 Å². The minimum Gasteiger partial charge on any atom is -0.504 e. The fourth-order valence-corrected chi connectivity index (χ4v) is 1.04. The summed E-state index contributed by atoms with van der Waals surface area (Å²) in [7, 11) is 0. The van der Waals surface area contributed by atoms with E-state index in [0.29, 0.717) is 12.4 Å². The van der Waals surface area contributed by atoms with Gasteiger partial charge in [-0.3, -0.25) is 4.79 Å². The minimum absolute atomic E-state index is 0.0171. The van der Waals surface area contributed by atoms with E-state index in [1.165, 1.54) is 6.07 Å². The number of carbonyl (C=O) groups is 1. The first-order valence-electron chi connectivity index (χ1n) is 4.08. The molecule has 0 radical (unpaired) electrons. The Bertz CT molecular complexity index is 305. The number of aromatic hydroxyl groups is 1. The van der Waals surface area contributed by atoms with Crippen LogP contribution in [0.15, 0.2) is 18.2 Å². The lowest BCUT2D eigenvalue weighted by Crippen LogP contribution is -1.92. The van der Waals surface area contributed by atoms with Crippen LogP contribution in [0.3, 0.4) is 0 Å². The minimum atomic E-state index is -0.0171. The van der Waals surface area contributed by atoms with Crippen LogP contribution in [0.2, 0.25) is 0 Å². The fraction of sp³-hybridized carbons (Fsp3) is 0.300. The SMILES string of the molecule is CC(C)c1ccc(O)c(OC=O)c1. The topological polar surface area (TPSA) is 46.5 Å². The van der Waals surface area contributed by atoms with Gasteiger partial charge in [0, 0.05) is 0 Å². The van der Waals surface area contributed by atoms with Crippen molar-refractivity contribution in [2.45, 2.75) is 19.8 Å². The molecular weight excluding hydrogens is 168 g/mol. The van der Waals surface area contributed by atoms with Crippen LogP contribution in [0.4, 0.5) is 0 Å². The second-order valence-corrected chi connectivity index (χ2v) is 3.10. The lowest BCUT2D eigenvalue weighted by Gasteiger charge is -2.07. The molecule has 0 unspecified atom stereocenters. The molecule has 0 saturated carbocycles. The molecule has 1 aromatic carbocycles. The molecule has 0 amide bonds. The molecule has 0 aliphatic carbocycles. The molecule has 0 aliphatic rings. The first-order chi connectivity index (χ1) is 6.15. The highest BCUT2D eigenvalue weighted by Gasteiger charge is 2.05. The zero-order valence-corrected chi connectivity index (χ0v) is 7.65. The van der Waals surface area contributed by atoms with Gasteiger partial charge in [0.25, 0.3) is 6.47 Å². The van der Waals surface area contributed by atoms with Gasteiger partial charge in [0.15, 0.2) is 11.5 Å². The quantitative estimate of drug-likeness (QED) is 0.724. The van der Waals surface area contributed by atoms with Crippen LogP contribution in [-0.4, -0.2) is 11.6 Å². The Morgan fingerprint density at radius 2 is 2.15 bits per heavy atom. The highest BCUT2D eigenvalue weighted by molar-refractivity contribution is 5.51. The molecule has 0 saturated heterocycles. The molecular formula is C10H12O3. The van der Waals surface area contributed by atoms with Crippen molar-refractivity contribution in [3.63, 3.8) is 0 Å². The lowest BCUT2D eigenvalue weighted by atomic mass is 10.0. The summed E-state index contributed by atoms with van der Waals surface area (Å²) in [6, 6.07) is 4.99. The van der Waals surface area contributed by atoms with Crippen molar-refractivity contribution >= 4 is 6.47 Å². The van der Waals surface area contributed by atoms with Crippen LogP contribution < -0.4 is 4.74 Å². The highest BCUT2D eigenvalue weighted by Crippen LogP contribution is 2.29. The molecule has 13 heavy (non-hydrogen) atoms. The molecule has 0 spiro atoms. The molecule has 3 nitrogen and oxygen atoms in total. The number of benzene rings is 1. The first kappa shape index (κ1) is 9.58. The van der Waals surface area contributed by atoms with Crippen molar-refractivity contribution in [1.29, 1.82) is 0 Å². The number of ether oxygens (including phenoxy) is 1. The molecule has 0 atom stereocenters. The van der Waals surface area contributed by atoms with E-state index < -0.39 is 0 Å². The summed E-state index contributed by atoms with van der Waals surface area (Å²) in [6.45, 7) is 4.35. The summed E-state index contributed by atoms with van der Waals surface area (Å²) in [6.07, 6.45) is 0. The largest absolute Gasteiger partial charge is 0.504 e. The van der Waals surface area contributed by atoms with Gasteiger partial charge in [-0.1, -0.05) is 19.9 Å². The Hall–Kier alpha value is -1.51. The van der Waals surface area contributed by atoms with Crippen LogP contribution in [0.5, 0.6) is 11.5 Å². The summed E-state index contributed by atoms with van der Waals surface area (Å²) in [5, 5.41) is 9.26. The summed E-state index contributed by atoms with van der Waals surface area (Å²) >= 11 is 0. The third kappa shape index (κ3) is 2.21. The van der Waals surface area contributed by atoms with Crippen molar-refractivity contribution in [2.75, 3.05) is 0 Å². The summed E-state index contributed by atoms with van der Waals surface area (Å²) in [5.41, 5.74) is 1.02. The molecule has 0 bridgehead atoms. The number of phenols is 1. The summed E-state index contributed by atoms with van der Waals surface area (Å²) in [5.74, 6) is 0.535. The molecule has 3 heteroatoms. The van der Waals surface area contributed by atoms with Crippen LogP contribution in [0, 0.1) is 0 Å². The van der Waals surface area contributed by atoms with E-state index in [2.05, 4.69) is 4.74 Å². The smallest absolute Gasteiger partial charge is 0.298 e. The number of hydrogen-bond donors (Lipinski definition) is 1. The van der Waals surface area contributed by atoms with E-state index in [0.717, 1.165) is 5.56 Å². The van der Waals surface area contributed by atoms with Gasteiger partial charge in [-0.25, -0.2) is 0 Å². The van der Waals surface area contributed by atoms with Gasteiger partial charge in [0.2, 0.25) is 0 Å². The highest BCUT2D eigenvalue weighted by atomic mass is 16.5. The Morgan fingerprint density at radius 1 is 1.46 bits per heavy atom. The molecule has 70 valence electrons. The Kier molecular flexibility index (Phi) is 2.90. The van der Waals surface area contributed by atoms with Crippen molar-refractivity contribution in [2.24, 2.45) is 0 Å². The number of phenolic OH excluding ortho intramolecular Hbond substituents is 1. The van der Waals surface area contributed by atoms with Gasteiger partial charge in [-0.15, -0.1) is 0 Å². The maximum atomic E-state index is 10.1. The third-order valence-electron chi connectivity index (χ3n) is 1.83.